The number of aromatic nitrogens is 2. The molecule has 0 unspecified atom stereocenters. The van der Waals surface area contributed by atoms with Crippen LogP contribution in [0.1, 0.15) is 0 Å². The highest BCUT2D eigenvalue weighted by atomic mass is 35.5. The molecule has 0 aliphatic heterocycles. The van der Waals surface area contributed by atoms with E-state index in [9.17, 15) is 0 Å². The molecule has 0 bridgehead atoms. The molecule has 2 aromatic heterocycles. The monoisotopic (exact) mass is 230 g/mol. The van der Waals surface area contributed by atoms with E-state index in [1.807, 2.05) is 11.4 Å². The number of hydrogen-bond donors (Lipinski definition) is 0. The van der Waals surface area contributed by atoms with Gasteiger partial charge in [-0.25, -0.2) is 9.97 Å². The molecule has 0 atom stereocenters. The van der Waals surface area contributed by atoms with Gasteiger partial charge in [0.2, 0.25) is 5.28 Å². The molecule has 2 rings (SSSR count). The number of thiophene rings is 1. The van der Waals surface area contributed by atoms with Gasteiger partial charge in [-0.1, -0.05) is 11.6 Å². The van der Waals surface area contributed by atoms with Crippen molar-refractivity contribution < 1.29 is 0 Å². The Bertz CT molecular complexity index is 428. The van der Waals surface area contributed by atoms with Gasteiger partial charge in [0.25, 0.3) is 0 Å². The summed E-state index contributed by atoms with van der Waals surface area (Å²) in [4.78, 5) is 7.85. The molecule has 0 fully saturated rings. The van der Waals surface area contributed by atoms with Crippen molar-refractivity contribution >= 4 is 34.5 Å². The highest BCUT2D eigenvalue weighted by Gasteiger charge is 2.06. The van der Waals surface area contributed by atoms with Crippen LogP contribution in [0.5, 0.6) is 0 Å². The van der Waals surface area contributed by atoms with Crippen molar-refractivity contribution in [2.24, 2.45) is 0 Å². The minimum absolute atomic E-state index is 0.236. The molecule has 0 N–H and O–H groups in total. The van der Waals surface area contributed by atoms with Gasteiger partial charge in [-0.3, -0.25) is 0 Å². The van der Waals surface area contributed by atoms with Gasteiger partial charge in [-0.2, -0.15) is 0 Å². The van der Waals surface area contributed by atoms with Crippen LogP contribution in [0.3, 0.4) is 0 Å². The average Bonchev–Trinajstić information content (AvgIpc) is 2.51. The summed E-state index contributed by atoms with van der Waals surface area (Å²) in [7, 11) is 0. The Morgan fingerprint density at radius 1 is 1.23 bits per heavy atom. The van der Waals surface area contributed by atoms with E-state index in [-0.39, 0.29) is 5.28 Å². The van der Waals surface area contributed by atoms with Crippen LogP contribution in [0.4, 0.5) is 0 Å². The molecule has 66 valence electrons. The summed E-state index contributed by atoms with van der Waals surface area (Å²) in [6.45, 7) is 0. The lowest BCUT2D eigenvalue weighted by atomic mass is 10.2. The van der Waals surface area contributed by atoms with Crippen LogP contribution < -0.4 is 0 Å². The van der Waals surface area contributed by atoms with Crippen molar-refractivity contribution in [1.29, 1.82) is 0 Å². The number of hydrogen-bond acceptors (Lipinski definition) is 3. The standard InChI is InChI=1S/C8H4Cl2N2S/c9-7-5(2-4-13-7)6-1-3-11-8(10)12-6/h1-4H. The van der Waals surface area contributed by atoms with Gasteiger partial charge in [-0.15, -0.1) is 11.3 Å². The fourth-order valence-corrected chi connectivity index (χ4v) is 2.05. The lowest BCUT2D eigenvalue weighted by Gasteiger charge is -1.96. The first-order valence-corrected chi connectivity index (χ1v) is 5.13. The lowest BCUT2D eigenvalue weighted by Crippen LogP contribution is -1.84. The second-order valence-electron chi connectivity index (χ2n) is 2.32. The first kappa shape index (κ1) is 8.94. The van der Waals surface area contributed by atoms with Crippen molar-refractivity contribution in [3.8, 4) is 11.3 Å². The summed E-state index contributed by atoms with van der Waals surface area (Å²) in [5, 5.41) is 2.15. The Kier molecular flexibility index (Phi) is 2.49. The third-order valence-corrected chi connectivity index (χ3v) is 2.87. The molecule has 2 heterocycles. The van der Waals surface area contributed by atoms with Gasteiger partial charge in [0.15, 0.2) is 0 Å². The Hall–Kier alpha value is -0.640. The summed E-state index contributed by atoms with van der Waals surface area (Å²) in [6.07, 6.45) is 1.61. The predicted molar refractivity (Wildman–Crippen MR) is 55.4 cm³/mol. The Labute approximate surface area is 89.2 Å². The molecule has 0 aliphatic carbocycles. The van der Waals surface area contributed by atoms with E-state index in [0.717, 1.165) is 15.6 Å². The van der Waals surface area contributed by atoms with E-state index in [1.165, 1.54) is 11.3 Å². The van der Waals surface area contributed by atoms with Crippen LogP contribution in [-0.4, -0.2) is 9.97 Å². The molecule has 2 aromatic rings. The second kappa shape index (κ2) is 3.62. The number of nitrogens with zero attached hydrogens (tertiary/aromatic N) is 2. The Morgan fingerprint density at radius 3 is 2.69 bits per heavy atom. The van der Waals surface area contributed by atoms with E-state index in [2.05, 4.69) is 9.97 Å². The van der Waals surface area contributed by atoms with E-state index in [0.29, 0.717) is 0 Å². The fraction of sp³-hybridized carbons (Fsp3) is 0. The van der Waals surface area contributed by atoms with Crippen molar-refractivity contribution in [2.75, 3.05) is 0 Å². The maximum absolute atomic E-state index is 5.94. The molecular weight excluding hydrogens is 227 g/mol. The summed E-state index contributed by atoms with van der Waals surface area (Å²) in [6, 6.07) is 3.69. The van der Waals surface area contributed by atoms with Crippen molar-refractivity contribution in [1.82, 2.24) is 9.97 Å². The molecular formula is C8H4Cl2N2S. The van der Waals surface area contributed by atoms with Crippen molar-refractivity contribution in [3.63, 3.8) is 0 Å². The second-order valence-corrected chi connectivity index (χ2v) is 4.18. The zero-order chi connectivity index (χ0) is 9.26. The molecule has 0 amide bonds. The molecule has 5 heteroatoms. The summed E-state index contributed by atoms with van der Waals surface area (Å²) in [5.74, 6) is 0. The molecule has 0 aliphatic rings. The maximum Gasteiger partial charge on any atom is 0.222 e. The van der Waals surface area contributed by atoms with E-state index in [4.69, 9.17) is 23.2 Å². The smallest absolute Gasteiger partial charge is 0.222 e. The normalized spacial score (nSPS) is 10.3. The Balaban J connectivity index is 2.53. The minimum atomic E-state index is 0.236. The molecule has 0 radical (unpaired) electrons. The SMILES string of the molecule is Clc1nccc(-c2ccsc2Cl)n1. The van der Waals surface area contributed by atoms with Crippen LogP contribution in [-0.2, 0) is 0 Å². The van der Waals surface area contributed by atoms with E-state index < -0.39 is 0 Å². The fourth-order valence-electron chi connectivity index (χ4n) is 0.962. The minimum Gasteiger partial charge on any atom is -0.226 e. The third kappa shape index (κ3) is 1.82. The highest BCUT2D eigenvalue weighted by Crippen LogP contribution is 2.31. The molecule has 0 saturated heterocycles. The average molecular weight is 231 g/mol. The largest absolute Gasteiger partial charge is 0.226 e. The third-order valence-electron chi connectivity index (χ3n) is 1.52. The quantitative estimate of drug-likeness (QED) is 0.702. The number of rotatable bonds is 1. The predicted octanol–water partition coefficient (Wildman–Crippen LogP) is 3.51. The van der Waals surface area contributed by atoms with Crippen LogP contribution in [0.2, 0.25) is 9.62 Å². The van der Waals surface area contributed by atoms with Gasteiger partial charge in [0.1, 0.15) is 4.34 Å². The van der Waals surface area contributed by atoms with Gasteiger partial charge >= 0.3 is 0 Å². The van der Waals surface area contributed by atoms with Gasteiger partial charge in [-0.05, 0) is 29.1 Å². The molecule has 2 nitrogen and oxygen atoms in total. The van der Waals surface area contributed by atoms with Crippen LogP contribution in [0.15, 0.2) is 23.7 Å². The zero-order valence-electron chi connectivity index (χ0n) is 6.37. The maximum atomic E-state index is 5.94. The summed E-state index contributed by atoms with van der Waals surface area (Å²) < 4.78 is 0.717. The summed E-state index contributed by atoms with van der Waals surface area (Å²) >= 11 is 13.1. The van der Waals surface area contributed by atoms with E-state index in [1.54, 1.807) is 12.3 Å². The van der Waals surface area contributed by atoms with Crippen molar-refractivity contribution in [2.45, 2.75) is 0 Å². The van der Waals surface area contributed by atoms with Gasteiger partial charge in [0, 0.05) is 11.8 Å². The van der Waals surface area contributed by atoms with Gasteiger partial charge in [0.05, 0.1) is 5.69 Å². The highest BCUT2D eigenvalue weighted by molar-refractivity contribution is 7.15. The molecule has 13 heavy (non-hydrogen) atoms. The van der Waals surface area contributed by atoms with E-state index >= 15 is 0 Å². The molecule has 0 saturated carbocycles. The van der Waals surface area contributed by atoms with Crippen LogP contribution in [0, 0.1) is 0 Å². The van der Waals surface area contributed by atoms with Crippen LogP contribution in [0.25, 0.3) is 11.3 Å². The molecule has 0 aromatic carbocycles. The lowest BCUT2D eigenvalue weighted by molar-refractivity contribution is 1.17. The topological polar surface area (TPSA) is 25.8 Å². The van der Waals surface area contributed by atoms with Crippen LogP contribution >= 0.6 is 34.5 Å². The Morgan fingerprint density at radius 2 is 2.08 bits per heavy atom. The zero-order valence-corrected chi connectivity index (χ0v) is 8.70. The number of halogens is 2. The van der Waals surface area contributed by atoms with Crippen molar-refractivity contribution in [3.05, 3.63) is 33.3 Å². The first-order chi connectivity index (χ1) is 6.27. The summed E-state index contributed by atoms with van der Waals surface area (Å²) in [5.41, 5.74) is 1.65. The first-order valence-electron chi connectivity index (χ1n) is 3.49. The van der Waals surface area contributed by atoms with Gasteiger partial charge < -0.3 is 0 Å². The molecule has 0 spiro atoms.